The molecule has 150 valence electrons. The molecule has 0 saturated carbocycles. The first-order chi connectivity index (χ1) is 14.2. The van der Waals surface area contributed by atoms with Crippen molar-refractivity contribution < 1.29 is 14.3 Å². The fourth-order valence-electron chi connectivity index (χ4n) is 3.26. The van der Waals surface area contributed by atoms with Crippen LogP contribution in [0.25, 0.3) is 5.00 Å². The molecule has 3 heterocycles. The zero-order valence-corrected chi connectivity index (χ0v) is 17.6. The van der Waals surface area contributed by atoms with Gasteiger partial charge in [-0.05, 0) is 54.1 Å². The summed E-state index contributed by atoms with van der Waals surface area (Å²) in [6, 6.07) is 11.0. The van der Waals surface area contributed by atoms with Gasteiger partial charge >= 0.3 is 0 Å². The van der Waals surface area contributed by atoms with Crippen LogP contribution in [0.1, 0.15) is 20.8 Å². The number of nitrogens with zero attached hydrogens (tertiary/aromatic N) is 1. The Balaban J connectivity index is 1.56. The summed E-state index contributed by atoms with van der Waals surface area (Å²) in [4.78, 5) is 26.1. The Morgan fingerprint density at radius 3 is 2.48 bits per heavy atom. The molecule has 0 saturated heterocycles. The zero-order valence-electron chi connectivity index (χ0n) is 15.9. The molecule has 0 spiro atoms. The molecule has 1 aromatic carbocycles. The van der Waals surface area contributed by atoms with Crippen molar-refractivity contribution in [2.45, 2.75) is 12.2 Å². The smallest absolute Gasteiger partial charge is 0.258 e. The van der Waals surface area contributed by atoms with Crippen LogP contribution >= 0.6 is 23.1 Å². The summed E-state index contributed by atoms with van der Waals surface area (Å²) in [6.45, 7) is 0.00219. The lowest BCUT2D eigenvalue weighted by Crippen LogP contribution is -2.18. The van der Waals surface area contributed by atoms with Crippen LogP contribution < -0.4 is 10.6 Å². The van der Waals surface area contributed by atoms with Crippen molar-refractivity contribution in [3.63, 3.8) is 0 Å². The Bertz CT molecular complexity index is 1010. The highest BCUT2D eigenvalue weighted by Gasteiger charge is 2.26. The van der Waals surface area contributed by atoms with Crippen LogP contribution in [0, 0.1) is 0 Å². The normalized spacial score (nSPS) is 13.0. The molecule has 3 aromatic rings. The van der Waals surface area contributed by atoms with Crippen LogP contribution in [-0.2, 0) is 21.7 Å². The average Bonchev–Trinajstić information content (AvgIpc) is 3.37. The number of anilines is 2. The summed E-state index contributed by atoms with van der Waals surface area (Å²) < 4.78 is 6.82. The second-order valence-corrected chi connectivity index (χ2v) is 8.78. The summed E-state index contributed by atoms with van der Waals surface area (Å²) in [5.41, 5.74) is 3.27. The summed E-state index contributed by atoms with van der Waals surface area (Å²) in [6.07, 6.45) is 4.85. The number of ether oxygens (including phenoxy) is 1. The number of methoxy groups -OCH3 is 1. The van der Waals surface area contributed by atoms with E-state index < -0.39 is 0 Å². The van der Waals surface area contributed by atoms with Crippen LogP contribution in [0.2, 0.25) is 0 Å². The number of thioether (sulfide) groups is 1. The summed E-state index contributed by atoms with van der Waals surface area (Å²) in [5, 5.41) is 6.71. The maximum absolute atomic E-state index is 13.2. The molecule has 1 aliphatic rings. The molecular formula is C21H21N3O3S2. The van der Waals surface area contributed by atoms with Crippen LogP contribution in [0.3, 0.4) is 0 Å². The van der Waals surface area contributed by atoms with E-state index in [9.17, 15) is 9.59 Å². The second kappa shape index (κ2) is 8.86. The fourth-order valence-corrected chi connectivity index (χ4v) is 5.71. The number of carbonyl (C=O) groups excluding carboxylic acids is 2. The van der Waals surface area contributed by atoms with Gasteiger partial charge in [0.05, 0.1) is 5.56 Å². The average molecular weight is 428 g/mol. The molecule has 0 fully saturated rings. The predicted molar refractivity (Wildman–Crippen MR) is 118 cm³/mol. The quantitative estimate of drug-likeness (QED) is 0.619. The van der Waals surface area contributed by atoms with Crippen molar-refractivity contribution in [1.29, 1.82) is 0 Å². The van der Waals surface area contributed by atoms with E-state index in [1.807, 2.05) is 40.9 Å². The minimum absolute atomic E-state index is 0.00219. The van der Waals surface area contributed by atoms with Gasteiger partial charge in [0.2, 0.25) is 5.91 Å². The van der Waals surface area contributed by atoms with Crippen molar-refractivity contribution in [3.05, 3.63) is 64.8 Å². The largest absolute Gasteiger partial charge is 0.375 e. The van der Waals surface area contributed by atoms with Gasteiger partial charge in [-0.25, -0.2) is 0 Å². The Morgan fingerprint density at radius 2 is 1.79 bits per heavy atom. The molecule has 0 radical (unpaired) electrons. The predicted octanol–water partition coefficient (Wildman–Crippen LogP) is 4.17. The van der Waals surface area contributed by atoms with E-state index in [0.29, 0.717) is 11.4 Å². The van der Waals surface area contributed by atoms with Crippen molar-refractivity contribution >= 4 is 46.3 Å². The Kier molecular flexibility index (Phi) is 6.03. The molecule has 2 amide bonds. The van der Waals surface area contributed by atoms with Crippen LogP contribution in [0.15, 0.2) is 48.8 Å². The molecular weight excluding hydrogens is 406 g/mol. The van der Waals surface area contributed by atoms with Crippen LogP contribution in [0.4, 0.5) is 11.4 Å². The lowest BCUT2D eigenvalue weighted by Gasteiger charge is -2.13. The maximum atomic E-state index is 13.2. The lowest BCUT2D eigenvalue weighted by molar-refractivity contribution is -0.119. The molecule has 8 heteroatoms. The number of rotatable bonds is 6. The number of benzene rings is 1. The number of aromatic nitrogens is 1. The van der Waals surface area contributed by atoms with E-state index in [1.54, 1.807) is 35.6 Å². The van der Waals surface area contributed by atoms with E-state index in [-0.39, 0.29) is 18.4 Å². The first-order valence-electron chi connectivity index (χ1n) is 9.21. The second-order valence-electron chi connectivity index (χ2n) is 6.59. The first kappa shape index (κ1) is 19.8. The maximum Gasteiger partial charge on any atom is 0.258 e. The number of thiophene rings is 1. The Morgan fingerprint density at radius 1 is 1.10 bits per heavy atom. The summed E-state index contributed by atoms with van der Waals surface area (Å²) >= 11 is 3.60. The highest BCUT2D eigenvalue weighted by molar-refractivity contribution is 7.98. The van der Waals surface area contributed by atoms with E-state index in [0.717, 1.165) is 28.5 Å². The highest BCUT2D eigenvalue weighted by atomic mass is 32.2. The van der Waals surface area contributed by atoms with Gasteiger partial charge in [0.1, 0.15) is 11.6 Å². The number of nitrogens with one attached hydrogen (secondary N) is 2. The van der Waals surface area contributed by atoms with Gasteiger partial charge in [-0.2, -0.15) is 11.8 Å². The zero-order chi connectivity index (χ0) is 20.2. The lowest BCUT2D eigenvalue weighted by atomic mass is 10.1. The fraction of sp³-hybridized carbons (Fsp3) is 0.238. The molecule has 29 heavy (non-hydrogen) atoms. The van der Waals surface area contributed by atoms with Gasteiger partial charge in [-0.3, -0.25) is 9.59 Å². The standard InChI is InChI=1S/C21H21N3O3S2/c1-27-12-18(25)22-14-4-6-15(7-5-14)23-20(26)19-16-8-11-28-13-17(16)29-21(19)24-9-2-3-10-24/h2-7,9-10H,8,11-13H2,1H3,(H,22,25)(H,23,26). The van der Waals surface area contributed by atoms with Crippen molar-refractivity contribution in [1.82, 2.24) is 4.57 Å². The van der Waals surface area contributed by atoms with Gasteiger partial charge in [0.25, 0.3) is 5.91 Å². The molecule has 0 unspecified atom stereocenters. The van der Waals surface area contributed by atoms with Crippen LogP contribution in [-0.4, -0.2) is 35.9 Å². The SMILES string of the molecule is COCC(=O)Nc1ccc(NC(=O)c2c(-n3cccc3)sc3c2CCSC3)cc1. The third-order valence-electron chi connectivity index (χ3n) is 4.57. The Hall–Kier alpha value is -2.55. The minimum Gasteiger partial charge on any atom is -0.375 e. The molecule has 0 aliphatic carbocycles. The van der Waals surface area contributed by atoms with E-state index in [1.165, 1.54) is 17.6 Å². The van der Waals surface area contributed by atoms with Gasteiger partial charge in [-0.15, -0.1) is 11.3 Å². The third-order valence-corrected chi connectivity index (χ3v) is 6.98. The number of fused-ring (bicyclic) bond motifs is 1. The molecule has 0 bridgehead atoms. The molecule has 2 aromatic heterocycles. The van der Waals surface area contributed by atoms with Gasteiger partial charge in [0, 0.05) is 41.5 Å². The summed E-state index contributed by atoms with van der Waals surface area (Å²) in [7, 11) is 1.47. The molecule has 4 rings (SSSR count). The molecule has 2 N–H and O–H groups in total. The van der Waals surface area contributed by atoms with Crippen molar-refractivity contribution in [3.8, 4) is 5.00 Å². The summed E-state index contributed by atoms with van der Waals surface area (Å²) in [5.74, 6) is 1.67. The number of hydrogen-bond donors (Lipinski definition) is 2. The molecule has 0 atom stereocenters. The molecule has 1 aliphatic heterocycles. The van der Waals surface area contributed by atoms with Gasteiger partial charge < -0.3 is 19.9 Å². The van der Waals surface area contributed by atoms with E-state index in [4.69, 9.17) is 4.74 Å². The first-order valence-corrected chi connectivity index (χ1v) is 11.2. The monoisotopic (exact) mass is 427 g/mol. The Labute approximate surface area is 177 Å². The topological polar surface area (TPSA) is 72.4 Å². The minimum atomic E-state index is -0.219. The highest BCUT2D eigenvalue weighted by Crippen LogP contribution is 2.38. The van der Waals surface area contributed by atoms with Crippen molar-refractivity contribution in [2.75, 3.05) is 30.1 Å². The van der Waals surface area contributed by atoms with Crippen molar-refractivity contribution in [2.24, 2.45) is 0 Å². The number of carbonyl (C=O) groups is 2. The van der Waals surface area contributed by atoms with E-state index >= 15 is 0 Å². The number of amides is 2. The van der Waals surface area contributed by atoms with Gasteiger partial charge in [0.15, 0.2) is 0 Å². The van der Waals surface area contributed by atoms with E-state index in [2.05, 4.69) is 10.6 Å². The van der Waals surface area contributed by atoms with Gasteiger partial charge in [-0.1, -0.05) is 0 Å². The third kappa shape index (κ3) is 4.39. The molecule has 6 nitrogen and oxygen atoms in total. The van der Waals surface area contributed by atoms with Crippen LogP contribution in [0.5, 0.6) is 0 Å². The number of hydrogen-bond acceptors (Lipinski definition) is 5.